The van der Waals surface area contributed by atoms with E-state index in [0.29, 0.717) is 12.0 Å². The molecule has 2 aromatic heterocycles. The van der Waals surface area contributed by atoms with Gasteiger partial charge in [-0.3, -0.25) is 4.57 Å². The second kappa shape index (κ2) is 4.81. The summed E-state index contributed by atoms with van der Waals surface area (Å²) in [5, 5.41) is 0. The molecule has 1 atom stereocenters. The molecule has 0 radical (unpaired) electrons. The van der Waals surface area contributed by atoms with E-state index in [-0.39, 0.29) is 0 Å². The lowest BCUT2D eigenvalue weighted by Gasteiger charge is -2.22. The SMILES string of the molecule is Cc1ccc2nc(N)n(C(C)CN3CCCC3)c2n1. The number of nitrogens with two attached hydrogens (primary N) is 1. The summed E-state index contributed by atoms with van der Waals surface area (Å²) in [6.07, 6.45) is 2.62. The van der Waals surface area contributed by atoms with Gasteiger partial charge in [-0.05, 0) is 51.9 Å². The Balaban J connectivity index is 1.93. The van der Waals surface area contributed by atoms with Crippen molar-refractivity contribution >= 4 is 17.1 Å². The van der Waals surface area contributed by atoms with Gasteiger partial charge in [-0.2, -0.15) is 0 Å². The van der Waals surface area contributed by atoms with Crippen LogP contribution in [0.5, 0.6) is 0 Å². The third-order valence-electron chi connectivity index (χ3n) is 3.87. The Kier molecular flexibility index (Phi) is 3.14. The Morgan fingerprint density at radius 1 is 1.26 bits per heavy atom. The van der Waals surface area contributed by atoms with E-state index in [1.165, 1.54) is 25.9 Å². The highest BCUT2D eigenvalue weighted by Gasteiger charge is 2.19. The predicted molar refractivity (Wildman–Crippen MR) is 77.1 cm³/mol. The number of hydrogen-bond acceptors (Lipinski definition) is 4. The molecule has 1 aliphatic rings. The molecule has 0 aromatic carbocycles. The summed E-state index contributed by atoms with van der Waals surface area (Å²) in [6.45, 7) is 7.61. The molecular weight excluding hydrogens is 238 g/mol. The highest BCUT2D eigenvalue weighted by molar-refractivity contribution is 5.74. The molecule has 5 nitrogen and oxygen atoms in total. The zero-order valence-electron chi connectivity index (χ0n) is 11.6. The number of fused-ring (bicyclic) bond motifs is 1. The maximum absolute atomic E-state index is 6.07. The molecule has 19 heavy (non-hydrogen) atoms. The lowest BCUT2D eigenvalue weighted by molar-refractivity contribution is 0.291. The second-order valence-electron chi connectivity index (χ2n) is 5.49. The summed E-state index contributed by atoms with van der Waals surface area (Å²) in [6, 6.07) is 4.27. The monoisotopic (exact) mass is 259 g/mol. The Bertz CT molecular complexity index is 583. The molecule has 0 amide bonds. The quantitative estimate of drug-likeness (QED) is 0.915. The standard InChI is InChI=1S/C14H21N5/c1-10-5-6-12-13(16-10)19(14(15)17-12)11(2)9-18-7-3-4-8-18/h5-6,11H,3-4,7-9H2,1-2H3,(H2,15,17). The van der Waals surface area contributed by atoms with Crippen LogP contribution in [-0.4, -0.2) is 39.1 Å². The number of pyridine rings is 1. The van der Waals surface area contributed by atoms with E-state index in [9.17, 15) is 0 Å². The smallest absolute Gasteiger partial charge is 0.202 e. The third-order valence-corrected chi connectivity index (χ3v) is 3.87. The van der Waals surface area contributed by atoms with Crippen LogP contribution in [0.2, 0.25) is 0 Å². The normalized spacial score (nSPS) is 18.2. The molecule has 102 valence electrons. The number of likely N-dealkylation sites (tertiary alicyclic amines) is 1. The molecule has 1 saturated heterocycles. The van der Waals surface area contributed by atoms with Crippen LogP contribution in [0.15, 0.2) is 12.1 Å². The fourth-order valence-corrected chi connectivity index (χ4v) is 2.94. The summed E-state index contributed by atoms with van der Waals surface area (Å²) < 4.78 is 2.07. The molecule has 1 unspecified atom stereocenters. The number of nitrogens with zero attached hydrogens (tertiary/aromatic N) is 4. The van der Waals surface area contributed by atoms with Crippen LogP contribution in [-0.2, 0) is 0 Å². The third kappa shape index (κ3) is 2.30. The van der Waals surface area contributed by atoms with Crippen molar-refractivity contribution < 1.29 is 0 Å². The molecule has 1 fully saturated rings. The average molecular weight is 259 g/mol. The lowest BCUT2D eigenvalue weighted by Crippen LogP contribution is -2.27. The van der Waals surface area contributed by atoms with E-state index in [1.807, 2.05) is 19.1 Å². The number of aryl methyl sites for hydroxylation is 1. The van der Waals surface area contributed by atoms with Gasteiger partial charge in [0.1, 0.15) is 5.52 Å². The van der Waals surface area contributed by atoms with Crippen molar-refractivity contribution in [3.63, 3.8) is 0 Å². The van der Waals surface area contributed by atoms with Crippen molar-refractivity contribution in [2.24, 2.45) is 0 Å². The van der Waals surface area contributed by atoms with Gasteiger partial charge in [-0.15, -0.1) is 0 Å². The van der Waals surface area contributed by atoms with Gasteiger partial charge in [0.25, 0.3) is 0 Å². The molecule has 0 spiro atoms. The number of nitrogen functional groups attached to an aromatic ring is 1. The van der Waals surface area contributed by atoms with E-state index >= 15 is 0 Å². The largest absolute Gasteiger partial charge is 0.369 e. The first-order valence-corrected chi connectivity index (χ1v) is 6.98. The van der Waals surface area contributed by atoms with Crippen molar-refractivity contribution in [1.29, 1.82) is 0 Å². The Morgan fingerprint density at radius 2 is 2.00 bits per heavy atom. The first kappa shape index (κ1) is 12.4. The van der Waals surface area contributed by atoms with Crippen molar-refractivity contribution in [3.05, 3.63) is 17.8 Å². The molecular formula is C14H21N5. The summed E-state index contributed by atoms with van der Waals surface area (Å²) in [5.74, 6) is 0.569. The van der Waals surface area contributed by atoms with Crippen LogP contribution in [0.25, 0.3) is 11.2 Å². The molecule has 1 aliphatic heterocycles. The summed E-state index contributed by atoms with van der Waals surface area (Å²) in [7, 11) is 0. The zero-order chi connectivity index (χ0) is 13.4. The van der Waals surface area contributed by atoms with Crippen molar-refractivity contribution in [2.75, 3.05) is 25.4 Å². The lowest BCUT2D eigenvalue weighted by atomic mass is 10.3. The molecule has 3 rings (SSSR count). The number of anilines is 1. The molecule has 0 bridgehead atoms. The fourth-order valence-electron chi connectivity index (χ4n) is 2.94. The van der Waals surface area contributed by atoms with Gasteiger partial charge >= 0.3 is 0 Å². The highest BCUT2D eigenvalue weighted by Crippen LogP contribution is 2.23. The first-order chi connectivity index (χ1) is 9.15. The van der Waals surface area contributed by atoms with E-state index in [0.717, 1.165) is 23.4 Å². The minimum Gasteiger partial charge on any atom is -0.369 e. The van der Waals surface area contributed by atoms with Crippen molar-refractivity contribution in [2.45, 2.75) is 32.7 Å². The maximum atomic E-state index is 6.07. The topological polar surface area (TPSA) is 60.0 Å². The Hall–Kier alpha value is -1.62. The number of aromatic nitrogens is 3. The molecule has 2 aromatic rings. The fraction of sp³-hybridized carbons (Fsp3) is 0.571. The molecule has 3 heterocycles. The number of rotatable bonds is 3. The Morgan fingerprint density at radius 3 is 2.74 bits per heavy atom. The van der Waals surface area contributed by atoms with E-state index in [1.54, 1.807) is 0 Å². The summed E-state index contributed by atoms with van der Waals surface area (Å²) in [5.41, 5.74) is 8.87. The minimum absolute atomic E-state index is 0.303. The van der Waals surface area contributed by atoms with Crippen LogP contribution >= 0.6 is 0 Å². The van der Waals surface area contributed by atoms with E-state index in [2.05, 4.69) is 26.4 Å². The predicted octanol–water partition coefficient (Wildman–Crippen LogP) is 1.98. The van der Waals surface area contributed by atoms with Crippen LogP contribution in [0.1, 0.15) is 31.5 Å². The molecule has 5 heteroatoms. The first-order valence-electron chi connectivity index (χ1n) is 6.98. The van der Waals surface area contributed by atoms with Gasteiger partial charge in [0.05, 0.1) is 0 Å². The van der Waals surface area contributed by atoms with Gasteiger partial charge in [-0.1, -0.05) is 0 Å². The summed E-state index contributed by atoms with van der Waals surface area (Å²) >= 11 is 0. The van der Waals surface area contributed by atoms with Crippen molar-refractivity contribution in [1.82, 2.24) is 19.4 Å². The minimum atomic E-state index is 0.303. The summed E-state index contributed by atoms with van der Waals surface area (Å²) in [4.78, 5) is 11.5. The Labute approximate surface area is 113 Å². The van der Waals surface area contributed by atoms with Gasteiger partial charge < -0.3 is 10.6 Å². The maximum Gasteiger partial charge on any atom is 0.202 e. The van der Waals surface area contributed by atoms with Crippen LogP contribution < -0.4 is 5.73 Å². The van der Waals surface area contributed by atoms with Gasteiger partial charge in [-0.25, -0.2) is 9.97 Å². The molecule has 2 N–H and O–H groups in total. The van der Waals surface area contributed by atoms with Crippen LogP contribution in [0, 0.1) is 6.92 Å². The van der Waals surface area contributed by atoms with Gasteiger partial charge in [0, 0.05) is 18.3 Å². The van der Waals surface area contributed by atoms with E-state index in [4.69, 9.17) is 5.73 Å². The van der Waals surface area contributed by atoms with Crippen LogP contribution in [0.3, 0.4) is 0 Å². The number of hydrogen-bond donors (Lipinski definition) is 1. The molecule has 0 aliphatic carbocycles. The zero-order valence-corrected chi connectivity index (χ0v) is 11.6. The average Bonchev–Trinajstić information content (AvgIpc) is 2.95. The van der Waals surface area contributed by atoms with Crippen molar-refractivity contribution in [3.8, 4) is 0 Å². The molecule has 0 saturated carbocycles. The van der Waals surface area contributed by atoms with Crippen LogP contribution in [0.4, 0.5) is 5.95 Å². The number of imidazole rings is 1. The highest BCUT2D eigenvalue weighted by atomic mass is 15.2. The van der Waals surface area contributed by atoms with Gasteiger partial charge in [0.2, 0.25) is 5.95 Å². The van der Waals surface area contributed by atoms with E-state index < -0.39 is 0 Å². The second-order valence-corrected chi connectivity index (χ2v) is 5.49. The van der Waals surface area contributed by atoms with Gasteiger partial charge in [0.15, 0.2) is 5.65 Å².